The Morgan fingerprint density at radius 1 is 1.04 bits per heavy atom. The first-order valence-corrected chi connectivity index (χ1v) is 15.6. The van der Waals surface area contributed by atoms with Crippen LogP contribution in [0.25, 0.3) is 17.1 Å². The molecule has 5 rings (SSSR count). The van der Waals surface area contributed by atoms with Gasteiger partial charge in [-0.25, -0.2) is 9.67 Å². The van der Waals surface area contributed by atoms with Crippen LogP contribution in [0.1, 0.15) is 35.1 Å². The summed E-state index contributed by atoms with van der Waals surface area (Å²) >= 11 is 6.87. The molecule has 3 aromatic carbocycles. The molecular weight excluding hydrogens is 622 g/mol. The number of benzene rings is 3. The summed E-state index contributed by atoms with van der Waals surface area (Å²) in [6.45, 7) is 6.71. The molecule has 0 spiro atoms. The number of ether oxygens (including phenoxy) is 1. The molecule has 13 heteroatoms. The zero-order chi connectivity index (χ0) is 32.1. The van der Waals surface area contributed by atoms with E-state index in [0.717, 1.165) is 47.2 Å². The Kier molecular flexibility index (Phi) is 9.88. The van der Waals surface area contributed by atoms with E-state index in [-0.39, 0.29) is 11.7 Å². The maximum absolute atomic E-state index is 12.7. The van der Waals surface area contributed by atoms with Gasteiger partial charge in [0, 0.05) is 12.1 Å². The summed E-state index contributed by atoms with van der Waals surface area (Å²) in [6, 6.07) is 17.5. The zero-order valence-electron chi connectivity index (χ0n) is 24.9. The number of anilines is 1. The van der Waals surface area contributed by atoms with E-state index in [0.29, 0.717) is 34.1 Å². The number of aliphatic imine (C=N–C) groups is 1. The molecule has 8 nitrogen and oxygen atoms in total. The van der Waals surface area contributed by atoms with Crippen molar-refractivity contribution in [2.45, 2.75) is 46.4 Å². The number of thiocarbonyl (C=S) groups is 1. The number of unbranched alkanes of at least 4 members (excludes halogenated alkanes) is 1. The monoisotopic (exact) mass is 652 g/mol. The van der Waals surface area contributed by atoms with Gasteiger partial charge in [0.15, 0.2) is 16.1 Å². The van der Waals surface area contributed by atoms with Gasteiger partial charge in [-0.1, -0.05) is 53.7 Å². The highest BCUT2D eigenvalue weighted by Crippen LogP contribution is 2.33. The number of aromatic nitrogens is 3. The summed E-state index contributed by atoms with van der Waals surface area (Å²) in [4.78, 5) is 23.3. The van der Waals surface area contributed by atoms with E-state index >= 15 is 0 Å². The molecule has 45 heavy (non-hydrogen) atoms. The van der Waals surface area contributed by atoms with Crippen LogP contribution in [0.3, 0.4) is 0 Å². The number of thioether (sulfide) groups is 1. The van der Waals surface area contributed by atoms with Gasteiger partial charge < -0.3 is 10.1 Å². The molecule has 0 radical (unpaired) electrons. The lowest BCUT2D eigenvalue weighted by Gasteiger charge is -2.21. The van der Waals surface area contributed by atoms with Crippen molar-refractivity contribution in [1.29, 1.82) is 0 Å². The van der Waals surface area contributed by atoms with E-state index in [1.165, 1.54) is 52.6 Å². The molecule has 1 aliphatic rings. The number of nitrogens with one attached hydrogen (secondary N) is 1. The lowest BCUT2D eigenvalue weighted by molar-refractivity contribution is -0.274. The van der Waals surface area contributed by atoms with Gasteiger partial charge in [0.05, 0.1) is 17.1 Å². The van der Waals surface area contributed by atoms with E-state index < -0.39 is 6.36 Å². The van der Waals surface area contributed by atoms with Gasteiger partial charge in [-0.3, -0.25) is 9.69 Å². The minimum atomic E-state index is -4.74. The molecule has 1 fully saturated rings. The van der Waals surface area contributed by atoms with Crippen LogP contribution >= 0.6 is 24.0 Å². The Hall–Kier alpha value is -4.23. The molecule has 234 valence electrons. The van der Waals surface area contributed by atoms with Crippen LogP contribution in [0.2, 0.25) is 0 Å². The van der Waals surface area contributed by atoms with Gasteiger partial charge >= 0.3 is 6.36 Å². The molecule has 1 saturated heterocycles. The molecule has 1 aliphatic heterocycles. The smallest absolute Gasteiger partial charge is 0.406 e. The van der Waals surface area contributed by atoms with Crippen molar-refractivity contribution < 1.29 is 22.7 Å². The number of hydrogen-bond donors (Lipinski definition) is 1. The number of hydrogen-bond acceptors (Lipinski definition) is 6. The van der Waals surface area contributed by atoms with Crippen molar-refractivity contribution in [1.82, 2.24) is 20.1 Å². The second kappa shape index (κ2) is 13.8. The quantitative estimate of drug-likeness (QED) is 0.153. The Balaban J connectivity index is 1.09. The average molecular weight is 653 g/mol. The first-order valence-electron chi connectivity index (χ1n) is 14.2. The SMILES string of the molecule is Cc1cc(C)c(N2C(=O)CS/C2=N\C(=S)NCCCCc2ccc(-c3ncn(-c4ccc(OC(F)(F)F)cc4)n3)cc2)c(C)c1. The minimum absolute atomic E-state index is 0.0000927. The number of halogens is 3. The molecule has 0 unspecified atom stereocenters. The molecule has 1 N–H and O–H groups in total. The lowest BCUT2D eigenvalue weighted by atomic mass is 10.0. The highest BCUT2D eigenvalue weighted by Gasteiger charge is 2.32. The molecule has 2 heterocycles. The Labute approximate surface area is 268 Å². The second-order valence-corrected chi connectivity index (χ2v) is 11.9. The van der Waals surface area contributed by atoms with E-state index in [4.69, 9.17) is 12.2 Å². The summed E-state index contributed by atoms with van der Waals surface area (Å²) < 4.78 is 42.6. The van der Waals surface area contributed by atoms with Gasteiger partial charge in [-0.05, 0) is 93.2 Å². The first-order chi connectivity index (χ1) is 21.5. The van der Waals surface area contributed by atoms with Crippen LogP contribution in [0.4, 0.5) is 18.9 Å². The van der Waals surface area contributed by atoms with E-state index in [1.54, 1.807) is 4.90 Å². The molecule has 0 atom stereocenters. The standard InChI is InChI=1S/C32H31F3N6O2S2/c1-20-16-21(2)28(22(3)17-20)41-27(42)18-45-31(41)38-30(44)36-15-5-4-6-23-7-9-24(10-8-23)29-37-19-40(39-29)25-11-13-26(14-12-25)43-32(33,34)35/h7-14,16-17,19H,4-6,15,18H2,1-3H3,(H,36,44)/b38-31-. The minimum Gasteiger partial charge on any atom is -0.406 e. The molecule has 4 aromatic rings. The Bertz CT molecular complexity index is 1700. The van der Waals surface area contributed by atoms with Crippen LogP contribution in [0.5, 0.6) is 5.75 Å². The van der Waals surface area contributed by atoms with Crippen LogP contribution in [-0.2, 0) is 11.2 Å². The number of carbonyl (C=O) groups excluding carboxylic acids is 1. The zero-order valence-corrected chi connectivity index (χ0v) is 26.5. The van der Waals surface area contributed by atoms with Crippen molar-refractivity contribution in [3.8, 4) is 22.8 Å². The fourth-order valence-electron chi connectivity index (χ4n) is 5.11. The third-order valence-corrected chi connectivity index (χ3v) is 8.19. The number of rotatable bonds is 9. The van der Waals surface area contributed by atoms with E-state index in [2.05, 4.69) is 37.3 Å². The molecular formula is C32H31F3N6O2S2. The fourth-order valence-corrected chi connectivity index (χ4v) is 6.21. The van der Waals surface area contributed by atoms with Crippen LogP contribution < -0.4 is 15.0 Å². The number of amidine groups is 1. The van der Waals surface area contributed by atoms with Crippen molar-refractivity contribution >= 4 is 45.9 Å². The van der Waals surface area contributed by atoms with E-state index in [9.17, 15) is 18.0 Å². The second-order valence-electron chi connectivity index (χ2n) is 10.6. The average Bonchev–Trinajstić information content (AvgIpc) is 3.60. The Morgan fingerprint density at radius 3 is 2.40 bits per heavy atom. The number of alkyl halides is 3. The van der Waals surface area contributed by atoms with Crippen molar-refractivity contribution in [2.75, 3.05) is 17.2 Å². The summed E-state index contributed by atoms with van der Waals surface area (Å²) in [6.07, 6.45) is -0.529. The summed E-state index contributed by atoms with van der Waals surface area (Å²) in [5, 5.41) is 8.61. The largest absolute Gasteiger partial charge is 0.573 e. The molecule has 0 aliphatic carbocycles. The molecule has 0 bridgehead atoms. The predicted molar refractivity (Wildman–Crippen MR) is 175 cm³/mol. The number of amides is 1. The third-order valence-electron chi connectivity index (χ3n) is 7.03. The van der Waals surface area contributed by atoms with Gasteiger partial charge in [0.2, 0.25) is 5.91 Å². The lowest BCUT2D eigenvalue weighted by Crippen LogP contribution is -2.32. The van der Waals surface area contributed by atoms with Crippen molar-refractivity contribution in [3.05, 3.63) is 89.2 Å². The number of carbonyl (C=O) groups is 1. The normalized spacial score (nSPS) is 14.3. The number of nitrogens with zero attached hydrogens (tertiary/aromatic N) is 5. The van der Waals surface area contributed by atoms with Crippen molar-refractivity contribution in [3.63, 3.8) is 0 Å². The maximum atomic E-state index is 12.7. The maximum Gasteiger partial charge on any atom is 0.573 e. The topological polar surface area (TPSA) is 84.6 Å². The molecule has 0 saturated carbocycles. The van der Waals surface area contributed by atoms with Crippen molar-refractivity contribution in [2.24, 2.45) is 4.99 Å². The van der Waals surface area contributed by atoms with Crippen LogP contribution in [0, 0.1) is 20.8 Å². The van der Waals surface area contributed by atoms with Gasteiger partial charge in [-0.2, -0.15) is 4.99 Å². The van der Waals surface area contributed by atoms with Gasteiger partial charge in [0.1, 0.15) is 12.1 Å². The number of aryl methyl sites for hydroxylation is 4. The van der Waals surface area contributed by atoms with Gasteiger partial charge in [-0.15, -0.1) is 18.3 Å². The highest BCUT2D eigenvalue weighted by molar-refractivity contribution is 8.15. The summed E-state index contributed by atoms with van der Waals surface area (Å²) in [7, 11) is 0. The molecule has 1 aromatic heterocycles. The van der Waals surface area contributed by atoms with Crippen LogP contribution in [0.15, 0.2) is 72.0 Å². The fraction of sp³-hybridized carbons (Fsp3) is 0.281. The summed E-state index contributed by atoms with van der Waals surface area (Å²) in [5.74, 6) is 0.541. The highest BCUT2D eigenvalue weighted by atomic mass is 32.2. The predicted octanol–water partition coefficient (Wildman–Crippen LogP) is 7.09. The van der Waals surface area contributed by atoms with Crippen LogP contribution in [-0.4, -0.2) is 49.6 Å². The van der Waals surface area contributed by atoms with Gasteiger partial charge in [0.25, 0.3) is 0 Å². The first kappa shape index (κ1) is 32.2. The molecule has 1 amide bonds. The Morgan fingerprint density at radius 2 is 1.73 bits per heavy atom. The summed E-state index contributed by atoms with van der Waals surface area (Å²) in [5.41, 5.74) is 6.64. The van der Waals surface area contributed by atoms with E-state index in [1.807, 2.05) is 45.0 Å². The third kappa shape index (κ3) is 8.28.